The van der Waals surface area contributed by atoms with Crippen molar-refractivity contribution in [1.29, 1.82) is 0 Å². The van der Waals surface area contributed by atoms with Crippen LogP contribution in [-0.2, 0) is 10.0 Å². The Morgan fingerprint density at radius 1 is 1.19 bits per heavy atom. The van der Waals surface area contributed by atoms with Crippen LogP contribution < -0.4 is 20.1 Å². The molecular weight excluding hydrogens is 370 g/mol. The summed E-state index contributed by atoms with van der Waals surface area (Å²) in [6, 6.07) is 4.32. The van der Waals surface area contributed by atoms with Crippen LogP contribution in [0.2, 0.25) is 0 Å². The minimum Gasteiger partial charge on any atom is -0.486 e. The monoisotopic (exact) mass is 393 g/mol. The lowest BCUT2D eigenvalue weighted by Crippen LogP contribution is -2.62. The molecule has 146 valence electrons. The summed E-state index contributed by atoms with van der Waals surface area (Å²) >= 11 is 0. The number of sulfonamides is 1. The van der Waals surface area contributed by atoms with Crippen molar-refractivity contribution in [3.63, 3.8) is 0 Å². The molecule has 0 bridgehead atoms. The molecule has 2 aliphatic heterocycles. The lowest BCUT2D eigenvalue weighted by molar-refractivity contribution is 0.171. The minimum atomic E-state index is -3.60. The summed E-state index contributed by atoms with van der Waals surface area (Å²) in [5, 5.41) is 6.00. The molecule has 27 heavy (non-hydrogen) atoms. The van der Waals surface area contributed by atoms with E-state index in [4.69, 9.17) is 9.47 Å². The van der Waals surface area contributed by atoms with E-state index in [0.29, 0.717) is 30.6 Å². The van der Waals surface area contributed by atoms with Crippen LogP contribution in [0.25, 0.3) is 0 Å². The molecule has 2 amide bonds. The van der Waals surface area contributed by atoms with Gasteiger partial charge in [-0.1, -0.05) is 6.42 Å². The Balaban J connectivity index is 1.18. The van der Waals surface area contributed by atoms with Crippen LogP contribution in [-0.4, -0.2) is 56.6 Å². The van der Waals surface area contributed by atoms with E-state index in [2.05, 4.69) is 10.6 Å². The number of carbonyl (C=O) groups is 1. The summed E-state index contributed by atoms with van der Waals surface area (Å²) in [4.78, 5) is 12.4. The second kappa shape index (κ2) is 6.00. The second-order valence-corrected chi connectivity index (χ2v) is 9.81. The molecule has 3 fully saturated rings. The van der Waals surface area contributed by atoms with Gasteiger partial charge < -0.3 is 20.1 Å². The lowest BCUT2D eigenvalue weighted by Gasteiger charge is -2.38. The maximum absolute atomic E-state index is 12.8. The van der Waals surface area contributed by atoms with E-state index in [0.717, 1.165) is 12.8 Å². The third kappa shape index (κ3) is 2.93. The maximum atomic E-state index is 12.8. The van der Waals surface area contributed by atoms with E-state index in [1.807, 2.05) is 0 Å². The zero-order valence-corrected chi connectivity index (χ0v) is 15.8. The zero-order chi connectivity index (χ0) is 18.6. The lowest BCUT2D eigenvalue weighted by atomic mass is 10.2. The number of ether oxygens (including phenoxy) is 2. The molecule has 9 heteroatoms. The number of fused-ring (bicyclic) bond motifs is 2. The summed E-state index contributed by atoms with van der Waals surface area (Å²) in [7, 11) is -3.60. The molecule has 2 unspecified atom stereocenters. The fraction of sp³-hybridized carbons (Fsp3) is 0.611. The SMILES string of the molecule is O=C(NC1CN(S(=O)(=O)c2ccc3c(c2)OCCO3)C1)NC12CCCC1C2. The van der Waals surface area contributed by atoms with E-state index in [-0.39, 0.29) is 35.6 Å². The number of benzene rings is 1. The Bertz CT molecular complexity index is 883. The number of carbonyl (C=O) groups excluding carboxylic acids is 1. The Labute approximate surface area is 158 Å². The number of nitrogens with one attached hydrogen (secondary N) is 2. The Morgan fingerprint density at radius 3 is 2.67 bits per heavy atom. The molecule has 2 aliphatic carbocycles. The van der Waals surface area contributed by atoms with Crippen molar-refractivity contribution >= 4 is 16.1 Å². The maximum Gasteiger partial charge on any atom is 0.315 e. The van der Waals surface area contributed by atoms with Gasteiger partial charge in [0.1, 0.15) is 13.2 Å². The van der Waals surface area contributed by atoms with Gasteiger partial charge in [0.15, 0.2) is 11.5 Å². The smallest absolute Gasteiger partial charge is 0.315 e. The van der Waals surface area contributed by atoms with Gasteiger partial charge in [-0.2, -0.15) is 4.31 Å². The predicted octanol–water partition coefficient (Wildman–Crippen LogP) is 1.07. The number of amides is 2. The van der Waals surface area contributed by atoms with Crippen LogP contribution in [0.3, 0.4) is 0 Å². The first-order valence-electron chi connectivity index (χ1n) is 9.45. The highest BCUT2D eigenvalue weighted by atomic mass is 32.2. The van der Waals surface area contributed by atoms with Crippen molar-refractivity contribution in [2.45, 2.75) is 42.2 Å². The summed E-state index contributed by atoms with van der Waals surface area (Å²) in [6.45, 7) is 1.42. The highest BCUT2D eigenvalue weighted by molar-refractivity contribution is 7.89. The highest BCUT2D eigenvalue weighted by Crippen LogP contribution is 2.55. The van der Waals surface area contributed by atoms with Crippen molar-refractivity contribution < 1.29 is 22.7 Å². The Morgan fingerprint density at radius 2 is 1.96 bits per heavy atom. The van der Waals surface area contributed by atoms with Gasteiger partial charge in [-0.3, -0.25) is 0 Å². The molecule has 1 aromatic rings. The van der Waals surface area contributed by atoms with Crippen molar-refractivity contribution in [1.82, 2.24) is 14.9 Å². The van der Waals surface area contributed by atoms with E-state index < -0.39 is 10.0 Å². The van der Waals surface area contributed by atoms with Gasteiger partial charge in [0, 0.05) is 24.7 Å². The van der Waals surface area contributed by atoms with Gasteiger partial charge in [-0.25, -0.2) is 13.2 Å². The third-order valence-corrected chi connectivity index (χ3v) is 7.93. The van der Waals surface area contributed by atoms with Crippen LogP contribution >= 0.6 is 0 Å². The highest BCUT2D eigenvalue weighted by Gasteiger charge is 2.57. The third-order valence-electron chi connectivity index (χ3n) is 6.10. The molecular formula is C18H23N3O5S. The predicted molar refractivity (Wildman–Crippen MR) is 96.3 cm³/mol. The molecule has 0 radical (unpaired) electrons. The molecule has 2 heterocycles. The fourth-order valence-electron chi connectivity index (χ4n) is 4.45. The van der Waals surface area contributed by atoms with Crippen molar-refractivity contribution in [2.24, 2.45) is 5.92 Å². The fourth-order valence-corrected chi connectivity index (χ4v) is 6.00. The second-order valence-electron chi connectivity index (χ2n) is 7.87. The summed E-state index contributed by atoms with van der Waals surface area (Å²) < 4.78 is 37.8. The van der Waals surface area contributed by atoms with Gasteiger partial charge in [-0.15, -0.1) is 0 Å². The van der Waals surface area contributed by atoms with Gasteiger partial charge >= 0.3 is 6.03 Å². The zero-order valence-electron chi connectivity index (χ0n) is 14.9. The number of nitrogens with zero attached hydrogens (tertiary/aromatic N) is 1. The topological polar surface area (TPSA) is 97.0 Å². The average Bonchev–Trinajstić information content (AvgIpc) is 3.15. The molecule has 2 saturated carbocycles. The average molecular weight is 393 g/mol. The molecule has 1 aromatic carbocycles. The first-order valence-corrected chi connectivity index (χ1v) is 10.9. The van der Waals surface area contributed by atoms with E-state index >= 15 is 0 Å². The number of urea groups is 1. The van der Waals surface area contributed by atoms with Gasteiger partial charge in [0.2, 0.25) is 10.0 Å². The van der Waals surface area contributed by atoms with Gasteiger partial charge in [0.25, 0.3) is 0 Å². The minimum absolute atomic E-state index is 0.0186. The van der Waals surface area contributed by atoms with Crippen molar-refractivity contribution in [2.75, 3.05) is 26.3 Å². The summed E-state index contributed by atoms with van der Waals surface area (Å²) in [5.74, 6) is 1.65. The molecule has 8 nitrogen and oxygen atoms in total. The largest absolute Gasteiger partial charge is 0.486 e. The Kier molecular flexibility index (Phi) is 3.80. The molecule has 2 atom stereocenters. The molecule has 5 rings (SSSR count). The summed E-state index contributed by atoms with van der Waals surface area (Å²) in [6.07, 6.45) is 4.51. The van der Waals surface area contributed by atoms with Gasteiger partial charge in [-0.05, 0) is 37.3 Å². The number of rotatable bonds is 4. The van der Waals surface area contributed by atoms with Gasteiger partial charge in [0.05, 0.1) is 10.9 Å². The first kappa shape index (κ1) is 17.1. The normalized spacial score (nSPS) is 29.6. The van der Waals surface area contributed by atoms with E-state index in [9.17, 15) is 13.2 Å². The molecule has 0 spiro atoms. The quantitative estimate of drug-likeness (QED) is 0.798. The first-order chi connectivity index (χ1) is 13.0. The molecule has 1 saturated heterocycles. The van der Waals surface area contributed by atoms with E-state index in [1.54, 1.807) is 6.07 Å². The van der Waals surface area contributed by atoms with Crippen LogP contribution in [0.4, 0.5) is 4.79 Å². The number of hydrogen-bond acceptors (Lipinski definition) is 5. The van der Waals surface area contributed by atoms with Crippen molar-refractivity contribution in [3.8, 4) is 11.5 Å². The molecule has 4 aliphatic rings. The van der Waals surface area contributed by atoms with Crippen LogP contribution in [0.15, 0.2) is 23.1 Å². The standard InChI is InChI=1S/C18H23N3O5S/c22-17(20-18-5-1-2-12(18)9-18)19-13-10-21(11-13)27(23,24)14-3-4-15-16(8-14)26-7-6-25-15/h3-4,8,12-13H,1-2,5-7,9-11H2,(H2,19,20,22). The number of hydrogen-bond donors (Lipinski definition) is 2. The van der Waals surface area contributed by atoms with Crippen LogP contribution in [0.5, 0.6) is 11.5 Å². The van der Waals surface area contributed by atoms with Crippen molar-refractivity contribution in [3.05, 3.63) is 18.2 Å². The molecule has 0 aromatic heterocycles. The van der Waals surface area contributed by atoms with E-state index in [1.165, 1.54) is 29.3 Å². The van der Waals surface area contributed by atoms with Crippen LogP contribution in [0.1, 0.15) is 25.7 Å². The molecule has 2 N–H and O–H groups in total. The Hall–Kier alpha value is -2.00. The summed E-state index contributed by atoms with van der Waals surface area (Å²) in [5.41, 5.74) is 0.0186. The van der Waals surface area contributed by atoms with Crippen LogP contribution in [0, 0.1) is 5.92 Å².